The van der Waals surface area contributed by atoms with Gasteiger partial charge in [0.15, 0.2) is 0 Å². The van der Waals surface area contributed by atoms with Crippen LogP contribution in [0.3, 0.4) is 0 Å². The molecule has 0 saturated carbocycles. The van der Waals surface area contributed by atoms with Gasteiger partial charge in [0.25, 0.3) is 0 Å². The molecule has 2 aromatic carbocycles. The highest BCUT2D eigenvalue weighted by molar-refractivity contribution is 7.99. The van der Waals surface area contributed by atoms with Gasteiger partial charge < -0.3 is 10.8 Å². The Hall–Kier alpha value is -1.94. The van der Waals surface area contributed by atoms with Gasteiger partial charge in [0.2, 0.25) is 0 Å². The Morgan fingerprint density at radius 2 is 1.84 bits per heavy atom. The highest BCUT2D eigenvalue weighted by Gasteiger charge is 2.09. The molecular formula is C15H15NO2S. The van der Waals surface area contributed by atoms with Crippen molar-refractivity contribution in [2.45, 2.75) is 23.6 Å². The minimum Gasteiger partial charge on any atom is -0.478 e. The zero-order chi connectivity index (χ0) is 14.0. The fourth-order valence-electron chi connectivity index (χ4n) is 1.69. The van der Waals surface area contributed by atoms with E-state index in [1.807, 2.05) is 13.8 Å². The van der Waals surface area contributed by atoms with E-state index in [1.54, 1.807) is 12.1 Å². The Balaban J connectivity index is 2.40. The van der Waals surface area contributed by atoms with Crippen LogP contribution >= 0.6 is 11.8 Å². The first-order valence-corrected chi connectivity index (χ1v) is 6.67. The van der Waals surface area contributed by atoms with E-state index in [0.717, 1.165) is 15.4 Å². The molecule has 0 aliphatic heterocycles. The summed E-state index contributed by atoms with van der Waals surface area (Å²) in [6, 6.07) is 10.9. The summed E-state index contributed by atoms with van der Waals surface area (Å²) < 4.78 is 0. The van der Waals surface area contributed by atoms with Crippen LogP contribution in [0, 0.1) is 13.8 Å². The molecule has 3 nitrogen and oxygen atoms in total. The summed E-state index contributed by atoms with van der Waals surface area (Å²) in [6.45, 7) is 4.06. The van der Waals surface area contributed by atoms with E-state index < -0.39 is 5.97 Å². The van der Waals surface area contributed by atoms with E-state index in [1.165, 1.54) is 23.4 Å². The summed E-state index contributed by atoms with van der Waals surface area (Å²) in [6.07, 6.45) is 0. The molecule has 0 atom stereocenters. The van der Waals surface area contributed by atoms with Crippen molar-refractivity contribution in [3.63, 3.8) is 0 Å². The maximum Gasteiger partial charge on any atom is 0.335 e. The van der Waals surface area contributed by atoms with Crippen molar-refractivity contribution in [3.05, 3.63) is 53.1 Å². The molecular weight excluding hydrogens is 258 g/mol. The number of hydrogen-bond donors (Lipinski definition) is 2. The molecule has 2 rings (SSSR count). The molecule has 0 saturated heterocycles. The van der Waals surface area contributed by atoms with Crippen LogP contribution in [0.2, 0.25) is 0 Å². The summed E-state index contributed by atoms with van der Waals surface area (Å²) >= 11 is 1.50. The quantitative estimate of drug-likeness (QED) is 0.836. The lowest BCUT2D eigenvalue weighted by molar-refractivity contribution is 0.0696. The number of aryl methyl sites for hydroxylation is 2. The molecule has 0 fully saturated rings. The molecule has 0 aliphatic rings. The Morgan fingerprint density at radius 3 is 2.53 bits per heavy atom. The number of rotatable bonds is 3. The van der Waals surface area contributed by atoms with Crippen molar-refractivity contribution < 1.29 is 9.90 Å². The predicted molar refractivity (Wildman–Crippen MR) is 77.9 cm³/mol. The van der Waals surface area contributed by atoms with E-state index >= 15 is 0 Å². The maximum atomic E-state index is 11.0. The number of carboxylic acid groups (broad SMARTS) is 1. The highest BCUT2D eigenvalue weighted by atomic mass is 32.2. The molecule has 0 heterocycles. The van der Waals surface area contributed by atoms with Gasteiger partial charge in [-0.1, -0.05) is 23.9 Å². The topological polar surface area (TPSA) is 63.3 Å². The SMILES string of the molecule is Cc1ccc(C)c(Sc2cc(C(=O)O)ccc2N)c1. The van der Waals surface area contributed by atoms with Crippen molar-refractivity contribution in [2.75, 3.05) is 5.73 Å². The molecule has 0 unspecified atom stereocenters. The van der Waals surface area contributed by atoms with Crippen LogP contribution in [0.25, 0.3) is 0 Å². The van der Waals surface area contributed by atoms with Crippen LogP contribution in [-0.2, 0) is 0 Å². The average Bonchev–Trinajstić information content (AvgIpc) is 2.36. The van der Waals surface area contributed by atoms with E-state index in [4.69, 9.17) is 10.8 Å². The van der Waals surface area contributed by atoms with E-state index in [9.17, 15) is 4.79 Å². The van der Waals surface area contributed by atoms with Gasteiger partial charge in [-0.05, 0) is 49.2 Å². The number of carboxylic acids is 1. The largest absolute Gasteiger partial charge is 0.478 e. The lowest BCUT2D eigenvalue weighted by Crippen LogP contribution is -1.98. The standard InChI is InChI=1S/C15H15NO2S/c1-9-3-4-10(2)13(7-9)19-14-8-11(15(17)18)5-6-12(14)16/h3-8H,16H2,1-2H3,(H,17,18). The lowest BCUT2D eigenvalue weighted by atomic mass is 10.2. The monoisotopic (exact) mass is 273 g/mol. The predicted octanol–water partition coefficient (Wildman–Crippen LogP) is 3.74. The second-order valence-corrected chi connectivity index (χ2v) is 5.51. The Labute approximate surface area is 116 Å². The number of aromatic carboxylic acids is 1. The highest BCUT2D eigenvalue weighted by Crippen LogP contribution is 2.35. The van der Waals surface area contributed by atoms with E-state index in [-0.39, 0.29) is 5.56 Å². The van der Waals surface area contributed by atoms with Crippen molar-refractivity contribution in [1.82, 2.24) is 0 Å². The van der Waals surface area contributed by atoms with Crippen LogP contribution in [0.1, 0.15) is 21.5 Å². The van der Waals surface area contributed by atoms with Gasteiger partial charge in [-0.2, -0.15) is 0 Å². The molecule has 0 radical (unpaired) electrons. The van der Waals surface area contributed by atoms with Gasteiger partial charge in [0, 0.05) is 15.5 Å². The van der Waals surface area contributed by atoms with Crippen LogP contribution in [0.15, 0.2) is 46.2 Å². The van der Waals surface area contributed by atoms with Gasteiger partial charge in [-0.3, -0.25) is 0 Å². The third-order valence-corrected chi connectivity index (χ3v) is 4.06. The van der Waals surface area contributed by atoms with Crippen molar-refractivity contribution in [3.8, 4) is 0 Å². The molecule has 0 amide bonds. The first kappa shape index (κ1) is 13.5. The minimum absolute atomic E-state index is 0.252. The summed E-state index contributed by atoms with van der Waals surface area (Å²) in [7, 11) is 0. The van der Waals surface area contributed by atoms with Gasteiger partial charge in [-0.15, -0.1) is 0 Å². The number of nitrogens with two attached hydrogens (primary N) is 1. The number of nitrogen functional groups attached to an aromatic ring is 1. The Kier molecular flexibility index (Phi) is 3.81. The van der Waals surface area contributed by atoms with Crippen LogP contribution < -0.4 is 5.73 Å². The van der Waals surface area contributed by atoms with Gasteiger partial charge in [-0.25, -0.2) is 4.79 Å². The summed E-state index contributed by atoms with van der Waals surface area (Å²) in [5, 5.41) is 9.01. The molecule has 0 aromatic heterocycles. The fourth-order valence-corrected chi connectivity index (χ4v) is 2.77. The molecule has 2 aromatic rings. The van der Waals surface area contributed by atoms with Crippen LogP contribution in [-0.4, -0.2) is 11.1 Å². The molecule has 4 heteroatoms. The normalized spacial score (nSPS) is 10.4. The third kappa shape index (κ3) is 3.09. The maximum absolute atomic E-state index is 11.0. The smallest absolute Gasteiger partial charge is 0.335 e. The molecule has 98 valence electrons. The summed E-state index contributed by atoms with van der Waals surface area (Å²) in [5.41, 5.74) is 9.07. The number of carbonyl (C=O) groups is 1. The zero-order valence-electron chi connectivity index (χ0n) is 10.8. The van der Waals surface area contributed by atoms with Crippen molar-refractivity contribution >= 4 is 23.4 Å². The van der Waals surface area contributed by atoms with Gasteiger partial charge >= 0.3 is 5.97 Å². The second-order valence-electron chi connectivity index (χ2n) is 4.43. The van der Waals surface area contributed by atoms with E-state index in [0.29, 0.717) is 5.69 Å². The summed E-state index contributed by atoms with van der Waals surface area (Å²) in [5.74, 6) is -0.942. The minimum atomic E-state index is -0.942. The number of hydrogen-bond acceptors (Lipinski definition) is 3. The van der Waals surface area contributed by atoms with Crippen LogP contribution in [0.4, 0.5) is 5.69 Å². The molecule has 3 N–H and O–H groups in total. The number of anilines is 1. The Morgan fingerprint density at radius 1 is 1.11 bits per heavy atom. The Bertz CT molecular complexity index is 638. The zero-order valence-corrected chi connectivity index (χ0v) is 11.6. The molecule has 0 spiro atoms. The second kappa shape index (κ2) is 5.36. The molecule has 0 bridgehead atoms. The van der Waals surface area contributed by atoms with Crippen molar-refractivity contribution in [2.24, 2.45) is 0 Å². The molecule has 0 aliphatic carbocycles. The lowest BCUT2D eigenvalue weighted by Gasteiger charge is -2.09. The van der Waals surface area contributed by atoms with E-state index in [2.05, 4.69) is 18.2 Å². The van der Waals surface area contributed by atoms with Gasteiger partial charge in [0.05, 0.1) is 5.56 Å². The fraction of sp³-hybridized carbons (Fsp3) is 0.133. The van der Waals surface area contributed by atoms with Crippen molar-refractivity contribution in [1.29, 1.82) is 0 Å². The van der Waals surface area contributed by atoms with Gasteiger partial charge in [0.1, 0.15) is 0 Å². The van der Waals surface area contributed by atoms with Crippen LogP contribution in [0.5, 0.6) is 0 Å². The summed E-state index contributed by atoms with van der Waals surface area (Å²) in [4.78, 5) is 12.9. The first-order chi connectivity index (χ1) is 8.97. The average molecular weight is 273 g/mol. The first-order valence-electron chi connectivity index (χ1n) is 5.85. The third-order valence-electron chi connectivity index (χ3n) is 2.82. The number of benzene rings is 2. The molecule has 19 heavy (non-hydrogen) atoms.